The Morgan fingerprint density at radius 1 is 1.13 bits per heavy atom. The fraction of sp³-hybridized carbons (Fsp3) is 0.348. The first-order valence-electron chi connectivity index (χ1n) is 10.0. The summed E-state index contributed by atoms with van der Waals surface area (Å²) in [5.74, 6) is -0.0882. The number of aryl methyl sites for hydroxylation is 1. The number of rotatable bonds is 9. The van der Waals surface area contributed by atoms with E-state index in [4.69, 9.17) is 0 Å². The van der Waals surface area contributed by atoms with Crippen molar-refractivity contribution in [1.82, 2.24) is 9.55 Å². The number of aromatic nitrogens is 2. The first kappa shape index (κ1) is 21.9. The lowest BCUT2D eigenvalue weighted by Gasteiger charge is -2.18. The van der Waals surface area contributed by atoms with E-state index in [0.717, 1.165) is 41.3 Å². The summed E-state index contributed by atoms with van der Waals surface area (Å²) in [4.78, 5) is 29.4. The van der Waals surface area contributed by atoms with Crippen molar-refractivity contribution in [2.45, 2.75) is 49.8 Å². The van der Waals surface area contributed by atoms with Crippen LogP contribution in [0.4, 0.5) is 5.69 Å². The topological polar surface area (TPSA) is 84.2 Å². The second-order valence-corrected chi connectivity index (χ2v) is 9.40. The third-order valence-electron chi connectivity index (χ3n) is 4.93. The predicted molar refractivity (Wildman–Crippen MR) is 122 cm³/mol. The van der Waals surface area contributed by atoms with E-state index in [9.17, 15) is 14.7 Å². The summed E-state index contributed by atoms with van der Waals surface area (Å²) in [5, 5.41) is 13.3. The highest BCUT2D eigenvalue weighted by Crippen LogP contribution is 2.33. The van der Waals surface area contributed by atoms with Crippen molar-refractivity contribution >= 4 is 34.3 Å². The molecular weight excluding hydrogens is 398 g/mol. The number of carboxylic acid groups (broad SMARTS) is 1. The standard InChI is InChI=1S/C23H27N3O3S/c1-16-25-20-9-5-4-8-19(20)21(27)26(16)15-7-6-14-24-17-10-12-18(13-11-17)30-23(2,3)22(28)29/h4-5,8-13,24H,6-7,14-15H2,1-3H3,(H,28,29). The second-order valence-electron chi connectivity index (χ2n) is 7.71. The van der Waals surface area contributed by atoms with Crippen molar-refractivity contribution in [1.29, 1.82) is 0 Å². The first-order chi connectivity index (χ1) is 14.3. The fourth-order valence-corrected chi connectivity index (χ4v) is 4.10. The lowest BCUT2D eigenvalue weighted by atomic mass is 10.2. The lowest BCUT2D eigenvalue weighted by molar-refractivity contribution is -0.138. The highest BCUT2D eigenvalue weighted by atomic mass is 32.2. The normalized spacial score (nSPS) is 11.6. The molecule has 0 saturated carbocycles. The molecule has 0 aliphatic carbocycles. The molecule has 0 radical (unpaired) electrons. The Balaban J connectivity index is 1.50. The van der Waals surface area contributed by atoms with Crippen LogP contribution in [0.1, 0.15) is 32.5 Å². The molecule has 1 aromatic heterocycles. The van der Waals surface area contributed by atoms with Gasteiger partial charge in [-0.25, -0.2) is 4.98 Å². The Morgan fingerprint density at radius 2 is 1.83 bits per heavy atom. The maximum atomic E-state index is 12.7. The third kappa shape index (κ3) is 5.21. The van der Waals surface area contributed by atoms with Crippen LogP contribution in [0.5, 0.6) is 0 Å². The molecule has 30 heavy (non-hydrogen) atoms. The van der Waals surface area contributed by atoms with Gasteiger partial charge in [0.1, 0.15) is 10.6 Å². The van der Waals surface area contributed by atoms with Crippen LogP contribution in [0, 0.1) is 6.92 Å². The Kier molecular flexibility index (Phi) is 6.82. The molecule has 6 nitrogen and oxygen atoms in total. The number of nitrogens with zero attached hydrogens (tertiary/aromatic N) is 2. The van der Waals surface area contributed by atoms with Crippen LogP contribution in [0.25, 0.3) is 10.9 Å². The SMILES string of the molecule is Cc1nc2ccccc2c(=O)n1CCCCNc1ccc(SC(C)(C)C(=O)O)cc1. The quantitative estimate of drug-likeness (QED) is 0.386. The van der Waals surface area contributed by atoms with Gasteiger partial charge in [-0.15, -0.1) is 11.8 Å². The Morgan fingerprint density at radius 3 is 2.53 bits per heavy atom. The molecule has 3 rings (SSSR count). The molecule has 2 N–H and O–H groups in total. The number of para-hydroxylation sites is 1. The average molecular weight is 426 g/mol. The average Bonchev–Trinajstić information content (AvgIpc) is 2.71. The van der Waals surface area contributed by atoms with Crippen molar-refractivity contribution in [3.8, 4) is 0 Å². The van der Waals surface area contributed by atoms with Gasteiger partial charge in [0.25, 0.3) is 5.56 Å². The summed E-state index contributed by atoms with van der Waals surface area (Å²) in [7, 11) is 0. The molecule has 0 aliphatic heterocycles. The Labute approximate surface area is 180 Å². The van der Waals surface area contributed by atoms with E-state index in [2.05, 4.69) is 10.3 Å². The van der Waals surface area contributed by atoms with Crippen LogP contribution < -0.4 is 10.9 Å². The van der Waals surface area contributed by atoms with Crippen LogP contribution in [0.2, 0.25) is 0 Å². The smallest absolute Gasteiger partial charge is 0.319 e. The van der Waals surface area contributed by atoms with Gasteiger partial charge in [-0.1, -0.05) is 12.1 Å². The van der Waals surface area contributed by atoms with Crippen LogP contribution in [0.3, 0.4) is 0 Å². The van der Waals surface area contributed by atoms with Crippen LogP contribution in [-0.2, 0) is 11.3 Å². The number of hydrogen-bond acceptors (Lipinski definition) is 5. The minimum Gasteiger partial charge on any atom is -0.480 e. The van der Waals surface area contributed by atoms with Gasteiger partial charge in [0, 0.05) is 23.7 Å². The fourth-order valence-electron chi connectivity index (χ4n) is 3.15. The Hall–Kier alpha value is -2.80. The number of carbonyl (C=O) groups is 1. The molecular formula is C23H27N3O3S. The van der Waals surface area contributed by atoms with Crippen molar-refractivity contribution < 1.29 is 9.90 Å². The summed E-state index contributed by atoms with van der Waals surface area (Å²) in [6, 6.07) is 15.2. The summed E-state index contributed by atoms with van der Waals surface area (Å²) in [6.07, 6.45) is 1.79. The number of anilines is 1. The molecule has 1 heterocycles. The van der Waals surface area contributed by atoms with Crippen molar-refractivity contribution in [2.24, 2.45) is 0 Å². The van der Waals surface area contributed by atoms with Gasteiger partial charge >= 0.3 is 5.97 Å². The van der Waals surface area contributed by atoms with Crippen molar-refractivity contribution in [3.05, 3.63) is 64.7 Å². The van der Waals surface area contributed by atoms with Crippen LogP contribution >= 0.6 is 11.8 Å². The number of carboxylic acids is 1. The minimum atomic E-state index is -0.858. The number of benzene rings is 2. The molecule has 0 amide bonds. The van der Waals surface area contributed by atoms with E-state index >= 15 is 0 Å². The molecule has 0 saturated heterocycles. The van der Waals surface area contributed by atoms with Gasteiger partial charge < -0.3 is 10.4 Å². The first-order valence-corrected chi connectivity index (χ1v) is 10.8. The van der Waals surface area contributed by atoms with E-state index in [-0.39, 0.29) is 5.56 Å². The van der Waals surface area contributed by atoms with Crippen LogP contribution in [-0.4, -0.2) is 31.9 Å². The second kappa shape index (κ2) is 9.34. The monoisotopic (exact) mass is 425 g/mol. The number of nitrogens with one attached hydrogen (secondary N) is 1. The highest BCUT2D eigenvalue weighted by Gasteiger charge is 2.28. The van der Waals surface area contributed by atoms with Gasteiger partial charge in [0.2, 0.25) is 0 Å². The zero-order valence-corrected chi connectivity index (χ0v) is 18.3. The molecule has 0 unspecified atom stereocenters. The van der Waals surface area contributed by atoms with E-state index in [0.29, 0.717) is 11.9 Å². The molecule has 0 aliphatic rings. The van der Waals surface area contributed by atoms with E-state index in [1.54, 1.807) is 18.4 Å². The largest absolute Gasteiger partial charge is 0.480 e. The lowest BCUT2D eigenvalue weighted by Crippen LogP contribution is -2.26. The third-order valence-corrected chi connectivity index (χ3v) is 6.13. The summed E-state index contributed by atoms with van der Waals surface area (Å²) >= 11 is 1.33. The van der Waals surface area contributed by atoms with Gasteiger partial charge in [-0.3, -0.25) is 14.2 Å². The number of fused-ring (bicyclic) bond motifs is 1. The van der Waals surface area contributed by atoms with Crippen molar-refractivity contribution in [2.75, 3.05) is 11.9 Å². The number of hydrogen-bond donors (Lipinski definition) is 2. The molecule has 0 bridgehead atoms. The molecule has 3 aromatic rings. The van der Waals surface area contributed by atoms with Crippen LogP contribution in [0.15, 0.2) is 58.2 Å². The molecule has 0 fully saturated rings. The van der Waals surface area contributed by atoms with E-state index < -0.39 is 10.7 Å². The zero-order chi connectivity index (χ0) is 21.7. The maximum Gasteiger partial charge on any atom is 0.319 e. The van der Waals surface area contributed by atoms with Gasteiger partial charge in [-0.05, 0) is 70.0 Å². The molecule has 7 heteroatoms. The maximum absolute atomic E-state index is 12.7. The number of aliphatic carboxylic acids is 1. The van der Waals surface area contributed by atoms with Gasteiger partial charge in [0.05, 0.1) is 10.9 Å². The van der Waals surface area contributed by atoms with Gasteiger partial charge in [-0.2, -0.15) is 0 Å². The highest BCUT2D eigenvalue weighted by molar-refractivity contribution is 8.01. The Bertz CT molecular complexity index is 1090. The summed E-state index contributed by atoms with van der Waals surface area (Å²) in [5.41, 5.74) is 1.75. The number of unbranched alkanes of at least 4 members (excludes halogenated alkanes) is 1. The predicted octanol–water partition coefficient (Wildman–Crippen LogP) is 4.55. The van der Waals surface area contributed by atoms with E-state index in [1.807, 2.05) is 55.5 Å². The zero-order valence-electron chi connectivity index (χ0n) is 17.5. The van der Waals surface area contributed by atoms with Crippen molar-refractivity contribution in [3.63, 3.8) is 0 Å². The molecule has 2 aromatic carbocycles. The summed E-state index contributed by atoms with van der Waals surface area (Å²) in [6.45, 7) is 6.71. The van der Waals surface area contributed by atoms with Gasteiger partial charge in [0.15, 0.2) is 0 Å². The molecule has 0 spiro atoms. The van der Waals surface area contributed by atoms with E-state index in [1.165, 1.54) is 11.8 Å². The summed E-state index contributed by atoms with van der Waals surface area (Å²) < 4.78 is 0.890. The molecule has 158 valence electrons. The number of thioether (sulfide) groups is 1. The molecule has 0 atom stereocenters. The minimum absolute atomic E-state index is 0.0171.